The first-order valence-corrected chi connectivity index (χ1v) is 10.4. The molecule has 1 aliphatic carbocycles. The van der Waals surface area contributed by atoms with Gasteiger partial charge in [-0.1, -0.05) is 0 Å². The Morgan fingerprint density at radius 1 is 1.06 bits per heavy atom. The Labute approximate surface area is 177 Å². The molecule has 3 aromatic heterocycles. The van der Waals surface area contributed by atoms with Gasteiger partial charge in [0.05, 0.1) is 12.8 Å². The third-order valence-corrected chi connectivity index (χ3v) is 5.97. The Morgan fingerprint density at radius 3 is 2.48 bits per heavy atom. The standard InChI is InChI=1S/C21H23F3N6O/c1-31-16-3-2-7-25-19(16)29-11-9-28(10-12-29)15-6-8-30-17(13-14-4-5-14)26-27-20(30)18(15)21(22,23)24/h2-3,6-8,14H,4-5,9-13H2,1H3. The van der Waals surface area contributed by atoms with Crippen molar-refractivity contribution in [2.45, 2.75) is 25.4 Å². The summed E-state index contributed by atoms with van der Waals surface area (Å²) >= 11 is 0. The summed E-state index contributed by atoms with van der Waals surface area (Å²) in [4.78, 5) is 8.18. The van der Waals surface area contributed by atoms with Gasteiger partial charge in [0.15, 0.2) is 17.2 Å². The van der Waals surface area contributed by atoms with E-state index in [9.17, 15) is 13.2 Å². The van der Waals surface area contributed by atoms with Crippen LogP contribution in [0.3, 0.4) is 0 Å². The zero-order valence-electron chi connectivity index (χ0n) is 17.1. The SMILES string of the molecule is COc1cccnc1N1CCN(c2ccn3c(CC4CC4)nnc3c2C(F)(F)F)CC1. The maximum atomic E-state index is 14.1. The van der Waals surface area contributed by atoms with E-state index in [0.29, 0.717) is 55.9 Å². The van der Waals surface area contributed by atoms with Gasteiger partial charge in [-0.15, -0.1) is 10.2 Å². The highest BCUT2D eigenvalue weighted by molar-refractivity contribution is 5.67. The van der Waals surface area contributed by atoms with Gasteiger partial charge in [-0.3, -0.25) is 4.40 Å². The topological polar surface area (TPSA) is 58.8 Å². The van der Waals surface area contributed by atoms with Crippen molar-refractivity contribution in [1.29, 1.82) is 0 Å². The molecule has 0 atom stereocenters. The van der Waals surface area contributed by atoms with Crippen LogP contribution in [0.25, 0.3) is 5.65 Å². The average Bonchev–Trinajstić information content (AvgIpc) is 3.50. The summed E-state index contributed by atoms with van der Waals surface area (Å²) in [7, 11) is 1.58. The van der Waals surface area contributed by atoms with Gasteiger partial charge in [-0.05, 0) is 37.0 Å². The maximum Gasteiger partial charge on any atom is 0.422 e. The molecule has 0 aromatic carbocycles. The minimum atomic E-state index is -4.52. The number of nitrogens with zero attached hydrogens (tertiary/aromatic N) is 6. The van der Waals surface area contributed by atoms with E-state index in [4.69, 9.17) is 4.74 Å². The number of halogens is 3. The number of rotatable bonds is 5. The van der Waals surface area contributed by atoms with Crippen LogP contribution in [-0.4, -0.2) is 52.9 Å². The first-order valence-electron chi connectivity index (χ1n) is 10.4. The summed E-state index contributed by atoms with van der Waals surface area (Å²) in [6.07, 6.45) is 1.70. The van der Waals surface area contributed by atoms with Crippen LogP contribution in [0.5, 0.6) is 5.75 Å². The molecule has 2 fully saturated rings. The zero-order valence-corrected chi connectivity index (χ0v) is 17.1. The number of aromatic nitrogens is 4. The maximum absolute atomic E-state index is 14.1. The van der Waals surface area contributed by atoms with Crippen LogP contribution in [0.2, 0.25) is 0 Å². The number of hydrogen-bond acceptors (Lipinski definition) is 6. The fourth-order valence-electron chi connectivity index (χ4n) is 4.19. The molecule has 7 nitrogen and oxygen atoms in total. The van der Waals surface area contributed by atoms with Crippen molar-refractivity contribution in [1.82, 2.24) is 19.6 Å². The molecule has 0 radical (unpaired) electrons. The Bertz CT molecular complexity index is 1090. The molecule has 0 spiro atoms. The lowest BCUT2D eigenvalue weighted by atomic mass is 10.1. The van der Waals surface area contributed by atoms with Gasteiger partial charge in [0.1, 0.15) is 11.4 Å². The van der Waals surface area contributed by atoms with E-state index < -0.39 is 11.7 Å². The molecule has 0 N–H and O–H groups in total. The Kier molecular flexibility index (Phi) is 4.86. The molecule has 5 rings (SSSR count). The number of anilines is 2. The second kappa shape index (κ2) is 7.58. The minimum Gasteiger partial charge on any atom is -0.493 e. The summed E-state index contributed by atoms with van der Waals surface area (Å²) in [6, 6.07) is 5.17. The van der Waals surface area contributed by atoms with Crippen molar-refractivity contribution < 1.29 is 17.9 Å². The van der Waals surface area contributed by atoms with E-state index in [2.05, 4.69) is 15.2 Å². The zero-order chi connectivity index (χ0) is 21.6. The highest BCUT2D eigenvalue weighted by atomic mass is 19.4. The molecule has 1 saturated heterocycles. The molecule has 1 saturated carbocycles. The second-order valence-corrected chi connectivity index (χ2v) is 8.03. The Balaban J connectivity index is 1.44. The summed E-state index contributed by atoms with van der Waals surface area (Å²) in [5.41, 5.74) is -0.680. The van der Waals surface area contributed by atoms with Crippen molar-refractivity contribution in [3.05, 3.63) is 42.0 Å². The first kappa shape index (κ1) is 19.9. The van der Waals surface area contributed by atoms with E-state index in [0.717, 1.165) is 12.8 Å². The van der Waals surface area contributed by atoms with Crippen molar-refractivity contribution >= 4 is 17.2 Å². The highest BCUT2D eigenvalue weighted by Gasteiger charge is 2.40. The molecular formula is C21H23F3N6O. The fourth-order valence-corrected chi connectivity index (χ4v) is 4.19. The fraction of sp³-hybridized carbons (Fsp3) is 0.476. The van der Waals surface area contributed by atoms with Gasteiger partial charge in [-0.25, -0.2) is 4.98 Å². The average molecular weight is 432 g/mol. The van der Waals surface area contributed by atoms with E-state index in [1.54, 1.807) is 36.5 Å². The van der Waals surface area contributed by atoms with Gasteiger partial charge in [0.2, 0.25) is 0 Å². The Morgan fingerprint density at radius 2 is 1.81 bits per heavy atom. The Hall–Kier alpha value is -3.04. The number of fused-ring (bicyclic) bond motifs is 1. The van der Waals surface area contributed by atoms with E-state index >= 15 is 0 Å². The lowest BCUT2D eigenvalue weighted by Crippen LogP contribution is -2.47. The van der Waals surface area contributed by atoms with E-state index in [-0.39, 0.29) is 11.3 Å². The van der Waals surface area contributed by atoms with Crippen LogP contribution in [-0.2, 0) is 12.6 Å². The summed E-state index contributed by atoms with van der Waals surface area (Å²) < 4.78 is 49.2. The van der Waals surface area contributed by atoms with E-state index in [1.807, 2.05) is 11.0 Å². The van der Waals surface area contributed by atoms with Crippen molar-refractivity contribution in [2.24, 2.45) is 5.92 Å². The van der Waals surface area contributed by atoms with Crippen LogP contribution in [0, 0.1) is 5.92 Å². The molecule has 0 bridgehead atoms. The molecule has 31 heavy (non-hydrogen) atoms. The number of piperazine rings is 1. The van der Waals surface area contributed by atoms with E-state index in [1.165, 1.54) is 4.40 Å². The lowest BCUT2D eigenvalue weighted by molar-refractivity contribution is -0.136. The summed E-state index contributed by atoms with van der Waals surface area (Å²) in [5, 5.41) is 8.01. The quantitative estimate of drug-likeness (QED) is 0.616. The molecular weight excluding hydrogens is 409 g/mol. The minimum absolute atomic E-state index is 0.116. The molecule has 0 amide bonds. The van der Waals surface area contributed by atoms with Gasteiger partial charge >= 0.3 is 6.18 Å². The number of pyridine rings is 2. The summed E-state index contributed by atoms with van der Waals surface area (Å²) in [5.74, 6) is 2.47. The van der Waals surface area contributed by atoms with Gasteiger partial charge in [0, 0.05) is 45.0 Å². The molecule has 1 aliphatic heterocycles. The molecule has 10 heteroatoms. The van der Waals surface area contributed by atoms with Crippen LogP contribution >= 0.6 is 0 Å². The number of hydrogen-bond donors (Lipinski definition) is 0. The van der Waals surface area contributed by atoms with Crippen LogP contribution in [0.4, 0.5) is 24.7 Å². The van der Waals surface area contributed by atoms with Crippen LogP contribution in [0.1, 0.15) is 24.2 Å². The van der Waals surface area contributed by atoms with Gasteiger partial charge in [0.25, 0.3) is 0 Å². The van der Waals surface area contributed by atoms with Crippen molar-refractivity contribution in [3.63, 3.8) is 0 Å². The first-order chi connectivity index (χ1) is 15.0. The molecule has 0 unspecified atom stereocenters. The van der Waals surface area contributed by atoms with Gasteiger partial charge in [-0.2, -0.15) is 13.2 Å². The monoisotopic (exact) mass is 432 g/mol. The summed E-state index contributed by atoms with van der Waals surface area (Å²) in [6.45, 7) is 1.94. The molecule has 2 aliphatic rings. The van der Waals surface area contributed by atoms with Crippen molar-refractivity contribution in [3.8, 4) is 5.75 Å². The number of methoxy groups -OCH3 is 1. The lowest BCUT2D eigenvalue weighted by Gasteiger charge is -2.38. The molecule has 3 aromatic rings. The van der Waals surface area contributed by atoms with Crippen molar-refractivity contribution in [2.75, 3.05) is 43.1 Å². The largest absolute Gasteiger partial charge is 0.493 e. The normalized spacial score (nSPS) is 17.4. The van der Waals surface area contributed by atoms with Crippen LogP contribution in [0.15, 0.2) is 30.6 Å². The van der Waals surface area contributed by atoms with Crippen LogP contribution < -0.4 is 14.5 Å². The predicted octanol–water partition coefficient (Wildman–Crippen LogP) is 3.43. The number of alkyl halides is 3. The third-order valence-electron chi connectivity index (χ3n) is 5.97. The molecule has 4 heterocycles. The highest BCUT2D eigenvalue weighted by Crippen LogP contribution is 2.40. The molecule has 164 valence electrons. The third kappa shape index (κ3) is 3.75. The second-order valence-electron chi connectivity index (χ2n) is 8.03. The van der Waals surface area contributed by atoms with Gasteiger partial charge < -0.3 is 14.5 Å². The predicted molar refractivity (Wildman–Crippen MR) is 110 cm³/mol. The number of ether oxygens (including phenoxy) is 1. The smallest absolute Gasteiger partial charge is 0.422 e.